The Kier molecular flexibility index (Phi) is 8.73. The summed E-state index contributed by atoms with van der Waals surface area (Å²) in [6, 6.07) is 0. The van der Waals surface area contributed by atoms with Gasteiger partial charge in [0.15, 0.2) is 0 Å². The molecule has 0 spiro atoms. The maximum absolute atomic E-state index is 5.09. The highest BCUT2D eigenvalue weighted by atomic mass is 32.2. The van der Waals surface area contributed by atoms with Gasteiger partial charge in [0.25, 0.3) is 0 Å². The van der Waals surface area contributed by atoms with E-state index >= 15 is 0 Å². The van der Waals surface area contributed by atoms with Crippen molar-refractivity contribution in [3.63, 3.8) is 0 Å². The van der Waals surface area contributed by atoms with E-state index in [1.54, 1.807) is 7.11 Å². The second kappa shape index (κ2) is 8.57. The highest BCUT2D eigenvalue weighted by molar-refractivity contribution is 7.99. The molecule has 86 valence electrons. The molecule has 0 saturated heterocycles. The SMILES string of the molecule is CCSCCNCC(C)(C)CCOC. The first-order valence-corrected chi connectivity index (χ1v) is 6.55. The van der Waals surface area contributed by atoms with Crippen LogP contribution in [0.3, 0.4) is 0 Å². The van der Waals surface area contributed by atoms with Gasteiger partial charge in [-0.2, -0.15) is 11.8 Å². The summed E-state index contributed by atoms with van der Waals surface area (Å²) in [5.41, 5.74) is 0.354. The van der Waals surface area contributed by atoms with E-state index in [2.05, 4.69) is 26.1 Å². The van der Waals surface area contributed by atoms with E-state index in [1.807, 2.05) is 11.8 Å². The molecule has 0 aliphatic heterocycles. The number of hydrogen-bond acceptors (Lipinski definition) is 3. The highest BCUT2D eigenvalue weighted by Gasteiger charge is 2.16. The largest absolute Gasteiger partial charge is 0.385 e. The van der Waals surface area contributed by atoms with Crippen molar-refractivity contribution in [1.29, 1.82) is 0 Å². The molecule has 0 atom stereocenters. The van der Waals surface area contributed by atoms with Crippen LogP contribution in [0.25, 0.3) is 0 Å². The molecule has 0 saturated carbocycles. The molecule has 2 nitrogen and oxygen atoms in total. The van der Waals surface area contributed by atoms with E-state index in [4.69, 9.17) is 4.74 Å². The van der Waals surface area contributed by atoms with E-state index < -0.39 is 0 Å². The van der Waals surface area contributed by atoms with Gasteiger partial charge in [-0.25, -0.2) is 0 Å². The highest BCUT2D eigenvalue weighted by Crippen LogP contribution is 2.18. The van der Waals surface area contributed by atoms with Gasteiger partial charge < -0.3 is 10.1 Å². The summed E-state index contributed by atoms with van der Waals surface area (Å²) in [5.74, 6) is 2.44. The maximum Gasteiger partial charge on any atom is 0.0467 e. The van der Waals surface area contributed by atoms with Crippen molar-refractivity contribution in [1.82, 2.24) is 5.32 Å². The zero-order chi connectivity index (χ0) is 10.9. The summed E-state index contributed by atoms with van der Waals surface area (Å²) < 4.78 is 5.09. The molecule has 0 heterocycles. The van der Waals surface area contributed by atoms with Gasteiger partial charge >= 0.3 is 0 Å². The van der Waals surface area contributed by atoms with Crippen LogP contribution in [0.1, 0.15) is 27.2 Å². The first kappa shape index (κ1) is 14.3. The molecule has 0 aromatic carbocycles. The van der Waals surface area contributed by atoms with Crippen molar-refractivity contribution in [3.8, 4) is 0 Å². The van der Waals surface area contributed by atoms with E-state index in [-0.39, 0.29) is 0 Å². The molecule has 0 fully saturated rings. The molecule has 0 unspecified atom stereocenters. The van der Waals surface area contributed by atoms with Crippen molar-refractivity contribution in [2.45, 2.75) is 27.2 Å². The minimum Gasteiger partial charge on any atom is -0.385 e. The van der Waals surface area contributed by atoms with Gasteiger partial charge in [0.2, 0.25) is 0 Å². The molecule has 1 N–H and O–H groups in total. The lowest BCUT2D eigenvalue weighted by Gasteiger charge is -2.24. The standard InChI is InChI=1S/C11H25NOS/c1-5-14-9-7-12-10-11(2,3)6-8-13-4/h12H,5-10H2,1-4H3. The van der Waals surface area contributed by atoms with Gasteiger partial charge in [-0.1, -0.05) is 20.8 Å². The number of thioether (sulfide) groups is 1. The second-order valence-corrected chi connectivity index (χ2v) is 5.67. The lowest BCUT2D eigenvalue weighted by Crippen LogP contribution is -2.31. The van der Waals surface area contributed by atoms with Gasteiger partial charge in [-0.15, -0.1) is 0 Å². The lowest BCUT2D eigenvalue weighted by molar-refractivity contribution is 0.151. The summed E-state index contributed by atoms with van der Waals surface area (Å²) in [6.07, 6.45) is 1.12. The van der Waals surface area contributed by atoms with Gasteiger partial charge in [0, 0.05) is 32.6 Å². The molecule has 3 heteroatoms. The fourth-order valence-electron chi connectivity index (χ4n) is 1.18. The van der Waals surface area contributed by atoms with Crippen molar-refractivity contribution in [3.05, 3.63) is 0 Å². The maximum atomic E-state index is 5.09. The number of rotatable bonds is 9. The zero-order valence-corrected chi connectivity index (χ0v) is 10.9. The monoisotopic (exact) mass is 219 g/mol. The normalized spacial score (nSPS) is 12.0. The van der Waals surface area contributed by atoms with Gasteiger partial charge in [0.05, 0.1) is 0 Å². The minimum absolute atomic E-state index is 0.354. The van der Waals surface area contributed by atoms with E-state index in [0.29, 0.717) is 5.41 Å². The predicted molar refractivity (Wildman–Crippen MR) is 66.1 cm³/mol. The number of ether oxygens (including phenoxy) is 1. The predicted octanol–water partition coefficient (Wildman–Crippen LogP) is 2.39. The van der Waals surface area contributed by atoms with Gasteiger partial charge in [-0.3, -0.25) is 0 Å². The average molecular weight is 219 g/mol. The Morgan fingerprint density at radius 3 is 2.64 bits per heavy atom. The third-order valence-electron chi connectivity index (χ3n) is 2.21. The van der Waals surface area contributed by atoms with Crippen molar-refractivity contribution < 1.29 is 4.74 Å². The van der Waals surface area contributed by atoms with E-state index in [0.717, 1.165) is 26.1 Å². The van der Waals surface area contributed by atoms with Gasteiger partial charge in [0.1, 0.15) is 0 Å². The quantitative estimate of drug-likeness (QED) is 0.602. The van der Waals surface area contributed by atoms with E-state index in [9.17, 15) is 0 Å². The number of methoxy groups -OCH3 is 1. The van der Waals surface area contributed by atoms with E-state index in [1.165, 1.54) is 11.5 Å². The molecule has 0 amide bonds. The van der Waals surface area contributed by atoms with Crippen LogP contribution in [0.4, 0.5) is 0 Å². The van der Waals surface area contributed by atoms with Crippen LogP contribution in [0.5, 0.6) is 0 Å². The average Bonchev–Trinajstić information content (AvgIpc) is 2.15. The van der Waals surface area contributed by atoms with Crippen LogP contribution >= 0.6 is 11.8 Å². The Morgan fingerprint density at radius 2 is 2.07 bits per heavy atom. The summed E-state index contributed by atoms with van der Waals surface area (Å²) in [6.45, 7) is 9.83. The molecule has 0 aromatic heterocycles. The Bertz CT molecular complexity index is 128. The second-order valence-electron chi connectivity index (χ2n) is 4.28. The fourth-order valence-corrected chi connectivity index (χ4v) is 1.76. The Morgan fingerprint density at radius 1 is 1.36 bits per heavy atom. The van der Waals surface area contributed by atoms with Crippen LogP contribution in [0.2, 0.25) is 0 Å². The Balaban J connectivity index is 3.35. The van der Waals surface area contributed by atoms with Crippen LogP contribution in [0.15, 0.2) is 0 Å². The van der Waals surface area contributed by atoms with Crippen LogP contribution < -0.4 is 5.32 Å². The van der Waals surface area contributed by atoms with Crippen LogP contribution in [0, 0.1) is 5.41 Å². The summed E-state index contributed by atoms with van der Waals surface area (Å²) in [7, 11) is 1.77. The van der Waals surface area contributed by atoms with Crippen molar-refractivity contribution in [2.24, 2.45) is 5.41 Å². The van der Waals surface area contributed by atoms with Crippen LogP contribution in [-0.4, -0.2) is 38.3 Å². The third-order valence-corrected chi connectivity index (χ3v) is 3.11. The fraction of sp³-hybridized carbons (Fsp3) is 1.00. The molecule has 0 aromatic rings. The molecule has 14 heavy (non-hydrogen) atoms. The van der Waals surface area contributed by atoms with Gasteiger partial charge in [-0.05, 0) is 17.6 Å². The van der Waals surface area contributed by atoms with Crippen molar-refractivity contribution in [2.75, 3.05) is 38.3 Å². The topological polar surface area (TPSA) is 21.3 Å². The molecule has 0 bridgehead atoms. The number of nitrogens with one attached hydrogen (secondary N) is 1. The zero-order valence-electron chi connectivity index (χ0n) is 10.1. The minimum atomic E-state index is 0.354. The number of hydrogen-bond donors (Lipinski definition) is 1. The third kappa shape index (κ3) is 8.85. The molecule has 0 radical (unpaired) electrons. The summed E-state index contributed by atoms with van der Waals surface area (Å²) in [4.78, 5) is 0. The lowest BCUT2D eigenvalue weighted by atomic mass is 9.90. The first-order chi connectivity index (χ1) is 6.62. The smallest absolute Gasteiger partial charge is 0.0467 e. The van der Waals surface area contributed by atoms with Crippen molar-refractivity contribution >= 4 is 11.8 Å². The Labute approximate surface area is 93.2 Å². The molecule has 0 aliphatic carbocycles. The first-order valence-electron chi connectivity index (χ1n) is 5.40. The van der Waals surface area contributed by atoms with Crippen LogP contribution in [-0.2, 0) is 4.74 Å². The Hall–Kier alpha value is 0.270. The molecule has 0 rings (SSSR count). The summed E-state index contributed by atoms with van der Waals surface area (Å²) >= 11 is 1.99. The molecule has 0 aliphatic rings. The molecular weight excluding hydrogens is 194 g/mol. The molecular formula is C11H25NOS. The summed E-state index contributed by atoms with van der Waals surface area (Å²) in [5, 5.41) is 3.49.